The zero-order valence-corrected chi connectivity index (χ0v) is 16.5. The largest absolute Gasteiger partial charge is 0.497 e. The number of carbonyl (C=O) groups is 1. The number of sulfonamides is 1. The minimum absolute atomic E-state index is 0.0477. The van der Waals surface area contributed by atoms with Gasteiger partial charge in [-0.3, -0.25) is 4.79 Å². The summed E-state index contributed by atoms with van der Waals surface area (Å²) in [6, 6.07) is 11.8. The van der Waals surface area contributed by atoms with Crippen LogP contribution < -0.4 is 10.1 Å². The smallest absolute Gasteiger partial charge is 0.251 e. The lowest BCUT2D eigenvalue weighted by atomic mass is 10.2. The highest BCUT2D eigenvalue weighted by Crippen LogP contribution is 2.25. The maximum Gasteiger partial charge on any atom is 0.251 e. The SMILES string of the molecule is COc1cccc(CNC(=O)c2ccc(Br)c(S(=O)(=O)N(C)C)c2)c1. The van der Waals surface area contributed by atoms with Gasteiger partial charge in [-0.05, 0) is 51.8 Å². The second-order valence-electron chi connectivity index (χ2n) is 5.47. The van der Waals surface area contributed by atoms with Crippen LogP contribution in [0, 0.1) is 0 Å². The Kier molecular flexibility index (Phi) is 6.21. The number of hydrogen-bond donors (Lipinski definition) is 1. The second kappa shape index (κ2) is 7.99. The fourth-order valence-electron chi connectivity index (χ4n) is 2.11. The van der Waals surface area contributed by atoms with Gasteiger partial charge in [-0.15, -0.1) is 0 Å². The van der Waals surface area contributed by atoms with E-state index in [2.05, 4.69) is 21.2 Å². The third kappa shape index (κ3) is 4.59. The molecule has 8 heteroatoms. The monoisotopic (exact) mass is 426 g/mol. The van der Waals surface area contributed by atoms with Crippen LogP contribution in [0.1, 0.15) is 15.9 Å². The molecule has 0 bridgehead atoms. The minimum atomic E-state index is -3.65. The third-order valence-corrected chi connectivity index (χ3v) is 6.35. The Morgan fingerprint density at radius 1 is 1.20 bits per heavy atom. The first-order valence-corrected chi connectivity index (χ1v) is 9.62. The number of benzene rings is 2. The molecule has 1 N–H and O–H groups in total. The predicted octanol–water partition coefficient (Wildman–Crippen LogP) is 2.64. The number of halogens is 1. The molecule has 25 heavy (non-hydrogen) atoms. The highest BCUT2D eigenvalue weighted by atomic mass is 79.9. The molecule has 0 saturated carbocycles. The van der Waals surface area contributed by atoms with Crippen LogP contribution in [0.4, 0.5) is 0 Å². The van der Waals surface area contributed by atoms with E-state index >= 15 is 0 Å². The maximum absolute atomic E-state index is 12.4. The van der Waals surface area contributed by atoms with Crippen molar-refractivity contribution in [2.45, 2.75) is 11.4 Å². The van der Waals surface area contributed by atoms with Crippen molar-refractivity contribution in [3.8, 4) is 5.75 Å². The number of ether oxygens (including phenoxy) is 1. The van der Waals surface area contributed by atoms with Gasteiger partial charge in [-0.1, -0.05) is 12.1 Å². The molecular weight excluding hydrogens is 408 g/mol. The Hall–Kier alpha value is -1.90. The Balaban J connectivity index is 2.20. The molecule has 0 spiro atoms. The van der Waals surface area contributed by atoms with Crippen LogP contribution >= 0.6 is 15.9 Å². The summed E-state index contributed by atoms with van der Waals surface area (Å²) in [5.74, 6) is 0.347. The molecule has 0 aromatic heterocycles. The van der Waals surface area contributed by atoms with Crippen LogP contribution in [0.15, 0.2) is 51.8 Å². The molecule has 0 unspecified atom stereocenters. The van der Waals surface area contributed by atoms with Crippen LogP contribution in [0.5, 0.6) is 5.75 Å². The summed E-state index contributed by atoms with van der Waals surface area (Å²) in [5.41, 5.74) is 1.15. The van der Waals surface area contributed by atoms with Crippen molar-refractivity contribution in [1.82, 2.24) is 9.62 Å². The summed E-state index contributed by atoms with van der Waals surface area (Å²) in [6.45, 7) is 0.307. The quantitative estimate of drug-likeness (QED) is 0.769. The number of carbonyl (C=O) groups excluding carboxylic acids is 1. The van der Waals surface area contributed by atoms with Crippen molar-refractivity contribution < 1.29 is 17.9 Å². The minimum Gasteiger partial charge on any atom is -0.497 e. The van der Waals surface area contributed by atoms with Gasteiger partial charge >= 0.3 is 0 Å². The van der Waals surface area contributed by atoms with E-state index in [-0.39, 0.29) is 16.4 Å². The van der Waals surface area contributed by atoms with E-state index in [1.165, 1.54) is 20.2 Å². The summed E-state index contributed by atoms with van der Waals surface area (Å²) in [4.78, 5) is 12.4. The molecule has 2 rings (SSSR count). The van der Waals surface area contributed by atoms with Gasteiger partial charge < -0.3 is 10.1 Å². The summed E-state index contributed by atoms with van der Waals surface area (Å²) in [7, 11) is 0.809. The molecule has 0 saturated heterocycles. The highest BCUT2D eigenvalue weighted by Gasteiger charge is 2.22. The van der Waals surface area contributed by atoms with Crippen molar-refractivity contribution >= 4 is 31.9 Å². The molecule has 2 aromatic carbocycles. The molecular formula is C17H19BrN2O4S. The lowest BCUT2D eigenvalue weighted by molar-refractivity contribution is 0.0950. The van der Waals surface area contributed by atoms with E-state index < -0.39 is 10.0 Å². The first-order chi connectivity index (χ1) is 11.8. The molecule has 0 fully saturated rings. The molecule has 0 aliphatic rings. The van der Waals surface area contributed by atoms with Crippen LogP contribution in [0.2, 0.25) is 0 Å². The van der Waals surface area contributed by atoms with Crippen molar-refractivity contribution in [3.63, 3.8) is 0 Å². The first-order valence-electron chi connectivity index (χ1n) is 7.39. The fourth-order valence-corrected chi connectivity index (χ4v) is 3.95. The summed E-state index contributed by atoms with van der Waals surface area (Å²) in [5, 5.41) is 2.78. The molecule has 1 amide bonds. The molecule has 134 valence electrons. The van der Waals surface area contributed by atoms with Gasteiger partial charge in [0, 0.05) is 30.7 Å². The van der Waals surface area contributed by atoms with Crippen molar-refractivity contribution in [2.75, 3.05) is 21.2 Å². The van der Waals surface area contributed by atoms with Gasteiger partial charge in [0.15, 0.2) is 0 Å². The van der Waals surface area contributed by atoms with Crippen molar-refractivity contribution in [2.24, 2.45) is 0 Å². The highest BCUT2D eigenvalue weighted by molar-refractivity contribution is 9.10. The first kappa shape index (κ1) is 19.4. The van der Waals surface area contributed by atoms with E-state index in [1.807, 2.05) is 24.3 Å². The average molecular weight is 427 g/mol. The van der Waals surface area contributed by atoms with Gasteiger partial charge in [-0.25, -0.2) is 12.7 Å². The molecule has 6 nitrogen and oxygen atoms in total. The normalized spacial score (nSPS) is 11.4. The number of nitrogens with one attached hydrogen (secondary N) is 1. The van der Waals surface area contributed by atoms with Gasteiger partial charge in [0.1, 0.15) is 5.75 Å². The molecule has 0 aliphatic carbocycles. The van der Waals surface area contributed by atoms with Crippen molar-refractivity contribution in [3.05, 3.63) is 58.1 Å². The van der Waals surface area contributed by atoms with Crippen LogP contribution in [0.25, 0.3) is 0 Å². The van der Waals surface area contributed by atoms with E-state index in [9.17, 15) is 13.2 Å². The maximum atomic E-state index is 12.4. The zero-order valence-electron chi connectivity index (χ0n) is 14.1. The Morgan fingerprint density at radius 3 is 2.56 bits per heavy atom. The zero-order chi connectivity index (χ0) is 18.6. The van der Waals surface area contributed by atoms with Gasteiger partial charge in [-0.2, -0.15) is 0 Å². The lowest BCUT2D eigenvalue weighted by Gasteiger charge is -2.14. The standard InChI is InChI=1S/C17H19BrN2O4S/c1-20(2)25(22,23)16-10-13(7-8-15(16)18)17(21)19-11-12-5-4-6-14(9-12)24-3/h4-10H,11H2,1-3H3,(H,19,21). The Morgan fingerprint density at radius 2 is 1.92 bits per heavy atom. The van der Waals surface area contributed by atoms with E-state index in [4.69, 9.17) is 4.74 Å². The van der Waals surface area contributed by atoms with Crippen LogP contribution in [-0.4, -0.2) is 39.8 Å². The van der Waals surface area contributed by atoms with Crippen molar-refractivity contribution in [1.29, 1.82) is 0 Å². The topological polar surface area (TPSA) is 75.7 Å². The molecule has 2 aromatic rings. The molecule has 0 heterocycles. The number of rotatable bonds is 6. The third-order valence-electron chi connectivity index (χ3n) is 3.54. The van der Waals surface area contributed by atoms with Gasteiger partial charge in [0.05, 0.1) is 12.0 Å². The lowest BCUT2D eigenvalue weighted by Crippen LogP contribution is -2.25. The number of amides is 1. The number of nitrogens with zero attached hydrogens (tertiary/aromatic N) is 1. The average Bonchev–Trinajstić information content (AvgIpc) is 2.59. The Labute approximate surface area is 156 Å². The second-order valence-corrected chi connectivity index (χ2v) is 8.44. The van der Waals surface area contributed by atoms with E-state index in [1.54, 1.807) is 19.2 Å². The summed E-state index contributed by atoms with van der Waals surface area (Å²) in [6.07, 6.45) is 0. The van der Waals surface area contributed by atoms with Crippen LogP contribution in [0.3, 0.4) is 0 Å². The predicted molar refractivity (Wildman–Crippen MR) is 99.2 cm³/mol. The van der Waals surface area contributed by atoms with E-state index in [0.717, 1.165) is 9.87 Å². The van der Waals surface area contributed by atoms with Crippen LogP contribution in [-0.2, 0) is 16.6 Å². The summed E-state index contributed by atoms with van der Waals surface area (Å²) >= 11 is 3.22. The summed E-state index contributed by atoms with van der Waals surface area (Å²) < 4.78 is 31.3. The molecule has 0 atom stereocenters. The van der Waals surface area contributed by atoms with Gasteiger partial charge in [0.25, 0.3) is 5.91 Å². The Bertz CT molecular complexity index is 882. The van der Waals surface area contributed by atoms with E-state index in [0.29, 0.717) is 16.8 Å². The molecule has 0 aliphatic heterocycles. The molecule has 0 radical (unpaired) electrons. The van der Waals surface area contributed by atoms with Gasteiger partial charge in [0.2, 0.25) is 10.0 Å². The fraction of sp³-hybridized carbons (Fsp3) is 0.235. The number of hydrogen-bond acceptors (Lipinski definition) is 4. The number of methoxy groups -OCH3 is 1.